The molecule has 1 saturated heterocycles. The summed E-state index contributed by atoms with van der Waals surface area (Å²) in [4.78, 5) is 12.8. The van der Waals surface area contributed by atoms with Crippen LogP contribution in [0.4, 0.5) is 5.82 Å². The number of hydrogen-bond acceptors (Lipinski definition) is 5. The third-order valence-corrected chi connectivity index (χ3v) is 5.09. The number of allylic oxidation sites excluding steroid dienone is 1. The minimum atomic E-state index is 0.413. The largest absolute Gasteiger partial charge is 0.355 e. The Morgan fingerprint density at radius 1 is 1.48 bits per heavy atom. The van der Waals surface area contributed by atoms with Gasteiger partial charge in [-0.05, 0) is 48.9 Å². The van der Waals surface area contributed by atoms with Crippen molar-refractivity contribution >= 4 is 33.3 Å². The van der Waals surface area contributed by atoms with Gasteiger partial charge in [0.2, 0.25) is 0 Å². The average molecular weight is 375 g/mol. The smallest absolute Gasteiger partial charge is 0.150 e. The van der Waals surface area contributed by atoms with Crippen molar-refractivity contribution < 1.29 is 0 Å². The molecule has 5 nitrogen and oxygen atoms in total. The lowest BCUT2D eigenvalue weighted by molar-refractivity contribution is 0.0941. The highest BCUT2D eigenvalue weighted by molar-refractivity contribution is 9.10. The van der Waals surface area contributed by atoms with Crippen LogP contribution in [0.3, 0.4) is 0 Å². The summed E-state index contributed by atoms with van der Waals surface area (Å²) in [5.74, 6) is 1.82. The first-order valence-corrected chi connectivity index (χ1v) is 8.15. The molecule has 0 aliphatic carbocycles. The van der Waals surface area contributed by atoms with E-state index in [-0.39, 0.29) is 0 Å². The lowest BCUT2D eigenvalue weighted by Crippen LogP contribution is -2.57. The number of halogens is 2. The van der Waals surface area contributed by atoms with Crippen LogP contribution in [0.15, 0.2) is 22.2 Å². The van der Waals surface area contributed by atoms with Gasteiger partial charge in [-0.1, -0.05) is 18.5 Å². The molecule has 0 amide bonds. The molecule has 116 valence electrons. The standard InChI is InChI=1S/C14H21BrClN5/c1-5-9(2)14(21-6-10(7-21)20(3)4)19-13-11(15)12(16)17-8-18-13/h8,10H,5-7H2,1-4H3,(H,17,18,19)/b14-9-. The Morgan fingerprint density at radius 2 is 2.14 bits per heavy atom. The zero-order valence-corrected chi connectivity index (χ0v) is 15.2. The van der Waals surface area contributed by atoms with Crippen molar-refractivity contribution in [3.8, 4) is 0 Å². The summed E-state index contributed by atoms with van der Waals surface area (Å²) in [6.45, 7) is 6.33. The normalized spacial score (nSPS) is 16.8. The van der Waals surface area contributed by atoms with Crippen molar-refractivity contribution in [1.82, 2.24) is 19.8 Å². The van der Waals surface area contributed by atoms with E-state index in [4.69, 9.17) is 11.6 Å². The lowest BCUT2D eigenvalue weighted by Gasteiger charge is -2.46. The molecular formula is C14H21BrClN5. The summed E-state index contributed by atoms with van der Waals surface area (Å²) in [6, 6.07) is 0.601. The number of hydrogen-bond donors (Lipinski definition) is 1. The second-order valence-corrected chi connectivity index (χ2v) is 6.61. The number of rotatable bonds is 5. The van der Waals surface area contributed by atoms with E-state index in [2.05, 4.69) is 69.0 Å². The van der Waals surface area contributed by atoms with E-state index in [1.807, 2.05) is 0 Å². The minimum absolute atomic E-state index is 0.413. The summed E-state index contributed by atoms with van der Waals surface area (Å²) < 4.78 is 0.692. The molecule has 0 atom stereocenters. The summed E-state index contributed by atoms with van der Waals surface area (Å²) in [6.07, 6.45) is 2.45. The van der Waals surface area contributed by atoms with E-state index in [0.717, 1.165) is 25.3 Å². The molecule has 1 aliphatic heterocycles. The Labute approximate surface area is 139 Å². The molecule has 7 heteroatoms. The van der Waals surface area contributed by atoms with E-state index in [1.165, 1.54) is 11.9 Å². The third-order valence-electron chi connectivity index (χ3n) is 3.83. The molecule has 1 aromatic rings. The van der Waals surface area contributed by atoms with Gasteiger partial charge in [0, 0.05) is 19.1 Å². The maximum atomic E-state index is 6.03. The first kappa shape index (κ1) is 16.5. The van der Waals surface area contributed by atoms with Crippen LogP contribution >= 0.6 is 27.5 Å². The quantitative estimate of drug-likeness (QED) is 0.802. The highest BCUT2D eigenvalue weighted by atomic mass is 79.9. The Hall–Kier alpha value is -0.850. The van der Waals surface area contributed by atoms with Crippen molar-refractivity contribution in [3.05, 3.63) is 27.3 Å². The SMILES string of the molecule is CC/C(C)=C(/Nc1ncnc(Cl)c1Br)N1CC(N(C)C)C1. The molecule has 1 aliphatic rings. The predicted octanol–water partition coefficient (Wildman–Crippen LogP) is 3.19. The summed E-state index contributed by atoms with van der Waals surface area (Å²) in [5.41, 5.74) is 1.30. The van der Waals surface area contributed by atoms with Gasteiger partial charge in [-0.15, -0.1) is 0 Å². The zero-order chi connectivity index (χ0) is 15.6. The van der Waals surface area contributed by atoms with Crippen molar-refractivity contribution in [2.24, 2.45) is 0 Å². The molecule has 21 heavy (non-hydrogen) atoms. The van der Waals surface area contributed by atoms with Crippen molar-refractivity contribution in [3.63, 3.8) is 0 Å². The number of anilines is 1. The fourth-order valence-corrected chi connectivity index (χ4v) is 2.57. The van der Waals surface area contributed by atoms with Crippen molar-refractivity contribution in [2.75, 3.05) is 32.5 Å². The van der Waals surface area contributed by atoms with Gasteiger partial charge in [-0.25, -0.2) is 9.97 Å². The second kappa shape index (κ2) is 6.94. The topological polar surface area (TPSA) is 44.3 Å². The Balaban J connectivity index is 2.18. The second-order valence-electron chi connectivity index (χ2n) is 5.46. The molecule has 0 unspecified atom stereocenters. The van der Waals surface area contributed by atoms with Gasteiger partial charge >= 0.3 is 0 Å². The van der Waals surface area contributed by atoms with Crippen LogP contribution in [0.25, 0.3) is 0 Å². The Kier molecular flexibility index (Phi) is 5.46. The van der Waals surface area contributed by atoms with Gasteiger partial charge in [0.05, 0.1) is 4.47 Å². The van der Waals surface area contributed by atoms with Crippen LogP contribution in [0, 0.1) is 0 Å². The van der Waals surface area contributed by atoms with Crippen LogP contribution in [0.1, 0.15) is 20.3 Å². The number of likely N-dealkylation sites (N-methyl/N-ethyl adjacent to an activating group) is 1. The first-order chi connectivity index (χ1) is 9.93. The number of aromatic nitrogens is 2. The molecule has 2 rings (SSSR count). The zero-order valence-electron chi connectivity index (χ0n) is 12.8. The number of nitrogens with zero attached hydrogens (tertiary/aromatic N) is 4. The average Bonchev–Trinajstić information content (AvgIpc) is 2.39. The molecule has 0 saturated carbocycles. The molecule has 1 fully saturated rings. The van der Waals surface area contributed by atoms with E-state index >= 15 is 0 Å². The maximum absolute atomic E-state index is 6.03. The molecule has 1 aromatic heterocycles. The fraction of sp³-hybridized carbons (Fsp3) is 0.571. The number of likely N-dealkylation sites (tertiary alicyclic amines) is 1. The van der Waals surface area contributed by atoms with Gasteiger partial charge in [-0.3, -0.25) is 0 Å². The van der Waals surface area contributed by atoms with Gasteiger partial charge in [-0.2, -0.15) is 0 Å². The van der Waals surface area contributed by atoms with Crippen LogP contribution < -0.4 is 5.32 Å². The molecule has 0 radical (unpaired) electrons. The van der Waals surface area contributed by atoms with Crippen molar-refractivity contribution in [2.45, 2.75) is 26.3 Å². The lowest BCUT2D eigenvalue weighted by atomic mass is 10.1. The molecule has 0 bridgehead atoms. The molecule has 0 aromatic carbocycles. The van der Waals surface area contributed by atoms with Gasteiger partial charge in [0.25, 0.3) is 0 Å². The summed E-state index contributed by atoms with van der Waals surface area (Å²) >= 11 is 9.46. The molecular weight excluding hydrogens is 354 g/mol. The van der Waals surface area contributed by atoms with Crippen LogP contribution in [-0.2, 0) is 0 Å². The monoisotopic (exact) mass is 373 g/mol. The highest BCUT2D eigenvalue weighted by Gasteiger charge is 2.31. The molecule has 0 spiro atoms. The summed E-state index contributed by atoms with van der Waals surface area (Å²) in [7, 11) is 4.23. The fourth-order valence-electron chi connectivity index (χ4n) is 2.14. The predicted molar refractivity (Wildman–Crippen MR) is 90.4 cm³/mol. The third kappa shape index (κ3) is 3.67. The van der Waals surface area contributed by atoms with Gasteiger partial charge < -0.3 is 15.1 Å². The van der Waals surface area contributed by atoms with E-state index in [9.17, 15) is 0 Å². The van der Waals surface area contributed by atoms with E-state index in [1.54, 1.807) is 0 Å². The highest BCUT2D eigenvalue weighted by Crippen LogP contribution is 2.30. The van der Waals surface area contributed by atoms with E-state index < -0.39 is 0 Å². The van der Waals surface area contributed by atoms with Gasteiger partial charge in [0.1, 0.15) is 17.3 Å². The van der Waals surface area contributed by atoms with Gasteiger partial charge in [0.15, 0.2) is 5.82 Å². The maximum Gasteiger partial charge on any atom is 0.150 e. The van der Waals surface area contributed by atoms with E-state index in [0.29, 0.717) is 21.5 Å². The molecule has 1 N–H and O–H groups in total. The Morgan fingerprint density at radius 3 is 2.71 bits per heavy atom. The number of nitrogens with one attached hydrogen (secondary N) is 1. The van der Waals surface area contributed by atoms with Crippen LogP contribution in [-0.4, -0.2) is 53.0 Å². The molecule has 2 heterocycles. The first-order valence-electron chi connectivity index (χ1n) is 6.98. The Bertz CT molecular complexity index is 540. The minimum Gasteiger partial charge on any atom is -0.355 e. The van der Waals surface area contributed by atoms with Crippen LogP contribution in [0.2, 0.25) is 5.15 Å². The van der Waals surface area contributed by atoms with Crippen molar-refractivity contribution in [1.29, 1.82) is 0 Å². The summed E-state index contributed by atoms with van der Waals surface area (Å²) in [5, 5.41) is 3.82. The van der Waals surface area contributed by atoms with Crippen LogP contribution in [0.5, 0.6) is 0 Å².